The van der Waals surface area contributed by atoms with Gasteiger partial charge in [0.25, 0.3) is 0 Å². The quantitative estimate of drug-likeness (QED) is 0.659. The molecule has 0 saturated heterocycles. The van der Waals surface area contributed by atoms with E-state index in [4.69, 9.17) is 4.74 Å². The van der Waals surface area contributed by atoms with Crippen molar-refractivity contribution in [3.05, 3.63) is 64.5 Å². The second-order valence-corrected chi connectivity index (χ2v) is 7.96. The van der Waals surface area contributed by atoms with E-state index in [2.05, 4.69) is 25.2 Å². The number of benzene rings is 2. The summed E-state index contributed by atoms with van der Waals surface area (Å²) in [6.45, 7) is 8.26. The second kappa shape index (κ2) is 9.79. The lowest BCUT2D eigenvalue weighted by atomic mass is 9.93. The van der Waals surface area contributed by atoms with E-state index >= 15 is 0 Å². The van der Waals surface area contributed by atoms with Gasteiger partial charge in [-0.25, -0.2) is 4.39 Å². The van der Waals surface area contributed by atoms with Crippen molar-refractivity contribution in [2.24, 2.45) is 0 Å². The summed E-state index contributed by atoms with van der Waals surface area (Å²) in [6, 6.07) is 10.7. The smallest absolute Gasteiger partial charge is 0.230 e. The van der Waals surface area contributed by atoms with Crippen LogP contribution < -0.4 is 10.1 Å². The minimum atomic E-state index is -0.228. The number of hydrogen-bond acceptors (Lipinski definition) is 3. The molecule has 0 radical (unpaired) electrons. The maximum absolute atomic E-state index is 13.6. The van der Waals surface area contributed by atoms with E-state index in [0.29, 0.717) is 23.0 Å². The lowest BCUT2D eigenvalue weighted by Gasteiger charge is -2.21. The number of halogens is 1. The van der Waals surface area contributed by atoms with Crippen molar-refractivity contribution in [3.63, 3.8) is 0 Å². The Hall–Kier alpha value is -2.01. The Kier molecular flexibility index (Phi) is 7.72. The highest BCUT2D eigenvalue weighted by Crippen LogP contribution is 2.32. The van der Waals surface area contributed by atoms with Crippen molar-refractivity contribution in [2.75, 3.05) is 12.9 Å². The number of carbonyl (C=O) groups excluding carboxylic acids is 1. The molecule has 1 amide bonds. The summed E-state index contributed by atoms with van der Waals surface area (Å²) < 4.78 is 19.1. The summed E-state index contributed by atoms with van der Waals surface area (Å²) in [5, 5.41) is 3.05. The predicted octanol–water partition coefficient (Wildman–Crippen LogP) is 5.38. The number of hydrogen-bond donors (Lipinski definition) is 1. The average Bonchev–Trinajstić information content (AvgIpc) is 2.62. The predicted molar refractivity (Wildman–Crippen MR) is 111 cm³/mol. The lowest BCUT2D eigenvalue weighted by Crippen LogP contribution is -2.28. The molecule has 1 atom stereocenters. The molecule has 2 aromatic rings. The van der Waals surface area contributed by atoms with Gasteiger partial charge in [0, 0.05) is 5.75 Å². The minimum Gasteiger partial charge on any atom is -0.496 e. The van der Waals surface area contributed by atoms with Crippen molar-refractivity contribution in [1.29, 1.82) is 0 Å². The maximum atomic E-state index is 13.6. The molecule has 27 heavy (non-hydrogen) atoms. The molecule has 0 aromatic heterocycles. The third kappa shape index (κ3) is 5.73. The number of thioether (sulfide) groups is 1. The number of carbonyl (C=O) groups is 1. The molecule has 0 saturated carbocycles. The Labute approximate surface area is 165 Å². The zero-order chi connectivity index (χ0) is 20.0. The van der Waals surface area contributed by atoms with Crippen LogP contribution in [0.5, 0.6) is 5.75 Å². The Balaban J connectivity index is 1.98. The first kappa shape index (κ1) is 21.3. The van der Waals surface area contributed by atoms with E-state index in [1.54, 1.807) is 25.3 Å². The van der Waals surface area contributed by atoms with Crippen LogP contribution in [0.4, 0.5) is 4.39 Å². The Morgan fingerprint density at radius 1 is 1.19 bits per heavy atom. The summed E-state index contributed by atoms with van der Waals surface area (Å²) in [7, 11) is 1.68. The molecular weight excluding hydrogens is 361 g/mol. The average molecular weight is 390 g/mol. The SMILES string of the molecule is COc1cc(C)c([C@@H](C)NC(=O)CSCc2ccccc2F)cc1C(C)C. The Morgan fingerprint density at radius 3 is 2.52 bits per heavy atom. The molecule has 1 N–H and O–H groups in total. The van der Waals surface area contributed by atoms with Gasteiger partial charge in [0.1, 0.15) is 11.6 Å². The molecule has 146 valence electrons. The zero-order valence-corrected chi connectivity index (χ0v) is 17.5. The number of nitrogens with one attached hydrogen (secondary N) is 1. The zero-order valence-electron chi connectivity index (χ0n) is 16.6. The highest BCUT2D eigenvalue weighted by molar-refractivity contribution is 7.99. The fourth-order valence-electron chi connectivity index (χ4n) is 3.04. The van der Waals surface area contributed by atoms with Gasteiger partial charge in [0.05, 0.1) is 18.9 Å². The van der Waals surface area contributed by atoms with Gasteiger partial charge in [-0.15, -0.1) is 11.8 Å². The summed E-state index contributed by atoms with van der Waals surface area (Å²) in [5.74, 6) is 1.71. The molecule has 2 aromatic carbocycles. The summed E-state index contributed by atoms with van der Waals surface area (Å²) >= 11 is 1.41. The van der Waals surface area contributed by atoms with Gasteiger partial charge in [-0.2, -0.15) is 0 Å². The molecular formula is C22H28FNO2S. The molecule has 0 bridgehead atoms. The van der Waals surface area contributed by atoms with Crippen molar-refractivity contribution in [2.45, 2.75) is 45.4 Å². The van der Waals surface area contributed by atoms with Crippen LogP contribution in [0.2, 0.25) is 0 Å². The van der Waals surface area contributed by atoms with Crippen molar-refractivity contribution in [1.82, 2.24) is 5.32 Å². The van der Waals surface area contributed by atoms with Crippen molar-refractivity contribution >= 4 is 17.7 Å². The molecule has 5 heteroatoms. The molecule has 0 heterocycles. The largest absolute Gasteiger partial charge is 0.496 e. The van der Waals surface area contributed by atoms with Crippen LogP contribution >= 0.6 is 11.8 Å². The Morgan fingerprint density at radius 2 is 1.89 bits per heavy atom. The molecule has 0 aliphatic rings. The van der Waals surface area contributed by atoms with Crippen LogP contribution in [0, 0.1) is 12.7 Å². The van der Waals surface area contributed by atoms with Crippen LogP contribution in [0.1, 0.15) is 55.0 Å². The van der Waals surface area contributed by atoms with E-state index in [0.717, 1.165) is 22.4 Å². The molecule has 0 unspecified atom stereocenters. The molecule has 0 fully saturated rings. The van der Waals surface area contributed by atoms with Crippen molar-refractivity contribution < 1.29 is 13.9 Å². The molecule has 0 spiro atoms. The van der Waals surface area contributed by atoms with E-state index in [1.807, 2.05) is 19.9 Å². The van der Waals surface area contributed by atoms with E-state index in [-0.39, 0.29) is 17.8 Å². The second-order valence-electron chi connectivity index (χ2n) is 6.98. The minimum absolute atomic E-state index is 0.0508. The number of rotatable bonds is 8. The number of methoxy groups -OCH3 is 1. The lowest BCUT2D eigenvalue weighted by molar-refractivity contribution is -0.119. The van der Waals surface area contributed by atoms with Gasteiger partial charge in [0.2, 0.25) is 5.91 Å². The van der Waals surface area contributed by atoms with Crippen LogP contribution in [0.25, 0.3) is 0 Å². The highest BCUT2D eigenvalue weighted by Gasteiger charge is 2.17. The van der Waals surface area contributed by atoms with Crippen LogP contribution in [-0.4, -0.2) is 18.8 Å². The summed E-state index contributed by atoms with van der Waals surface area (Å²) in [6.07, 6.45) is 0. The topological polar surface area (TPSA) is 38.3 Å². The summed E-state index contributed by atoms with van der Waals surface area (Å²) in [4.78, 5) is 12.3. The third-order valence-corrected chi connectivity index (χ3v) is 5.51. The maximum Gasteiger partial charge on any atom is 0.230 e. The third-order valence-electron chi connectivity index (χ3n) is 4.53. The van der Waals surface area contributed by atoms with E-state index in [1.165, 1.54) is 17.8 Å². The Bertz CT molecular complexity index is 792. The number of aryl methyl sites for hydroxylation is 1. The molecule has 2 rings (SSSR count). The standard InChI is InChI=1S/C22H28FNO2S/c1-14(2)18-11-19(15(3)10-21(18)26-5)16(4)24-22(25)13-27-12-17-8-6-7-9-20(17)23/h6-11,14,16H,12-13H2,1-5H3,(H,24,25)/t16-/m1/s1. The molecule has 0 aliphatic carbocycles. The van der Waals surface area contributed by atoms with Crippen molar-refractivity contribution in [3.8, 4) is 5.75 Å². The van der Waals surface area contributed by atoms with Crippen LogP contribution in [0.3, 0.4) is 0 Å². The van der Waals surface area contributed by atoms with Gasteiger partial charge in [0.15, 0.2) is 0 Å². The molecule has 3 nitrogen and oxygen atoms in total. The van der Waals surface area contributed by atoms with Gasteiger partial charge in [-0.05, 0) is 60.2 Å². The van der Waals surface area contributed by atoms with Gasteiger partial charge in [-0.3, -0.25) is 4.79 Å². The van der Waals surface area contributed by atoms with E-state index < -0.39 is 0 Å². The fraction of sp³-hybridized carbons (Fsp3) is 0.409. The first-order chi connectivity index (χ1) is 12.8. The number of ether oxygens (including phenoxy) is 1. The number of amides is 1. The van der Waals surface area contributed by atoms with E-state index in [9.17, 15) is 9.18 Å². The molecule has 0 aliphatic heterocycles. The fourth-order valence-corrected chi connectivity index (χ4v) is 3.87. The van der Waals surface area contributed by atoms with Gasteiger partial charge in [-0.1, -0.05) is 32.0 Å². The first-order valence-corrected chi connectivity index (χ1v) is 10.3. The van der Waals surface area contributed by atoms with Crippen LogP contribution in [0.15, 0.2) is 36.4 Å². The normalized spacial score (nSPS) is 12.1. The van der Waals surface area contributed by atoms with Crippen LogP contribution in [-0.2, 0) is 10.5 Å². The monoisotopic (exact) mass is 389 g/mol. The van der Waals surface area contributed by atoms with Gasteiger partial charge < -0.3 is 10.1 Å². The summed E-state index contributed by atoms with van der Waals surface area (Å²) in [5.41, 5.74) is 3.93. The highest BCUT2D eigenvalue weighted by atomic mass is 32.2. The van der Waals surface area contributed by atoms with Gasteiger partial charge >= 0.3 is 0 Å². The first-order valence-electron chi connectivity index (χ1n) is 9.12.